The average molecular weight is 294 g/mol. The van der Waals surface area contributed by atoms with E-state index in [4.69, 9.17) is 0 Å². The van der Waals surface area contributed by atoms with E-state index in [0.717, 1.165) is 25.1 Å². The Bertz CT molecular complexity index is 639. The maximum absolute atomic E-state index is 12.6. The van der Waals surface area contributed by atoms with Crippen molar-refractivity contribution in [1.82, 2.24) is 5.32 Å². The number of aryl methyl sites for hydroxylation is 1. The Kier molecular flexibility index (Phi) is 4.54. The molecule has 1 aliphatic heterocycles. The third-order valence-corrected chi connectivity index (χ3v) is 4.27. The summed E-state index contributed by atoms with van der Waals surface area (Å²) in [5.41, 5.74) is 3.56. The lowest BCUT2D eigenvalue weighted by atomic mass is 10.0. The number of nitrogens with zero attached hydrogens (tertiary/aromatic N) is 1. The van der Waals surface area contributed by atoms with E-state index in [2.05, 4.69) is 30.4 Å². The summed E-state index contributed by atoms with van der Waals surface area (Å²) >= 11 is 0. The van der Waals surface area contributed by atoms with Crippen LogP contribution in [0.15, 0.2) is 54.6 Å². The van der Waals surface area contributed by atoms with Crippen LogP contribution in [-0.2, 0) is 11.2 Å². The van der Waals surface area contributed by atoms with Crippen molar-refractivity contribution in [2.45, 2.75) is 25.8 Å². The number of hydrogen-bond donors (Lipinski definition) is 1. The molecule has 114 valence electrons. The van der Waals surface area contributed by atoms with E-state index < -0.39 is 0 Å². The molecule has 2 aromatic rings. The van der Waals surface area contributed by atoms with E-state index in [0.29, 0.717) is 6.54 Å². The molecule has 1 unspecified atom stereocenters. The van der Waals surface area contributed by atoms with E-state index in [1.54, 1.807) is 0 Å². The smallest absolute Gasteiger partial charge is 0.240 e. The second-order valence-corrected chi connectivity index (χ2v) is 5.79. The molecule has 1 aliphatic rings. The van der Waals surface area contributed by atoms with Crippen molar-refractivity contribution in [1.29, 1.82) is 0 Å². The van der Waals surface area contributed by atoms with Crippen molar-refractivity contribution in [3.63, 3.8) is 0 Å². The Hall–Kier alpha value is -2.13. The molecule has 0 bridgehead atoms. The van der Waals surface area contributed by atoms with Gasteiger partial charge in [-0.05, 0) is 37.0 Å². The van der Waals surface area contributed by atoms with Crippen molar-refractivity contribution < 1.29 is 4.79 Å². The monoisotopic (exact) mass is 294 g/mol. The molecule has 1 amide bonds. The lowest BCUT2D eigenvalue weighted by Gasteiger charge is -2.30. The first-order valence-electron chi connectivity index (χ1n) is 7.92. The van der Waals surface area contributed by atoms with Crippen molar-refractivity contribution in [2.24, 2.45) is 0 Å². The van der Waals surface area contributed by atoms with Gasteiger partial charge in [0.2, 0.25) is 5.91 Å². The maximum Gasteiger partial charge on any atom is 0.240 e. The zero-order chi connectivity index (χ0) is 15.4. The summed E-state index contributed by atoms with van der Waals surface area (Å²) in [6, 6.07) is 18.6. The zero-order valence-corrected chi connectivity index (χ0v) is 13.0. The van der Waals surface area contributed by atoms with Gasteiger partial charge < -0.3 is 10.2 Å². The molecule has 0 radical (unpaired) electrons. The minimum Gasteiger partial charge on any atom is -0.311 e. The number of para-hydroxylation sites is 1. The molecular weight excluding hydrogens is 272 g/mol. The number of amides is 1. The van der Waals surface area contributed by atoms with Gasteiger partial charge in [-0.1, -0.05) is 48.5 Å². The first-order valence-corrected chi connectivity index (χ1v) is 7.92. The highest BCUT2D eigenvalue weighted by molar-refractivity contribution is 5.95. The summed E-state index contributed by atoms with van der Waals surface area (Å²) in [5, 5.41) is 3.34. The van der Waals surface area contributed by atoms with Crippen LogP contribution < -0.4 is 10.2 Å². The van der Waals surface area contributed by atoms with Crippen LogP contribution in [0.25, 0.3) is 0 Å². The molecule has 0 aliphatic carbocycles. The van der Waals surface area contributed by atoms with Gasteiger partial charge in [-0.15, -0.1) is 0 Å². The van der Waals surface area contributed by atoms with Crippen LogP contribution >= 0.6 is 0 Å². The molecular formula is C19H22N2O. The van der Waals surface area contributed by atoms with E-state index in [-0.39, 0.29) is 11.9 Å². The highest BCUT2D eigenvalue weighted by atomic mass is 16.2. The van der Waals surface area contributed by atoms with Gasteiger partial charge in [0.05, 0.1) is 6.54 Å². The molecule has 0 spiro atoms. The molecule has 0 saturated carbocycles. The number of nitrogens with one attached hydrogen (secondary N) is 1. The molecule has 22 heavy (non-hydrogen) atoms. The molecule has 2 aromatic carbocycles. The van der Waals surface area contributed by atoms with Crippen LogP contribution in [0.3, 0.4) is 0 Å². The first-order chi connectivity index (χ1) is 10.8. The highest BCUT2D eigenvalue weighted by Crippen LogP contribution is 2.26. The second-order valence-electron chi connectivity index (χ2n) is 5.79. The molecule has 3 nitrogen and oxygen atoms in total. The fourth-order valence-electron chi connectivity index (χ4n) is 2.99. The van der Waals surface area contributed by atoms with Crippen molar-refractivity contribution in [2.75, 3.05) is 18.0 Å². The Morgan fingerprint density at radius 2 is 1.86 bits per heavy atom. The second kappa shape index (κ2) is 6.75. The summed E-state index contributed by atoms with van der Waals surface area (Å²) in [5.74, 6) is 0.148. The molecule has 3 rings (SSSR count). The Morgan fingerprint density at radius 3 is 2.68 bits per heavy atom. The Balaban J connectivity index is 1.64. The number of fused-ring (bicyclic) bond motifs is 1. The summed E-state index contributed by atoms with van der Waals surface area (Å²) in [6.07, 6.45) is 2.10. The van der Waals surface area contributed by atoms with Gasteiger partial charge in [0, 0.05) is 18.3 Å². The standard InChI is InChI=1S/C19H22N2O/c1-15(16-8-3-2-4-9-16)20-14-19(22)21-13-7-11-17-10-5-6-12-18(17)21/h2-6,8-10,12,15,20H,7,11,13-14H2,1H3. The summed E-state index contributed by atoms with van der Waals surface area (Å²) in [4.78, 5) is 14.5. The van der Waals surface area contributed by atoms with Gasteiger partial charge >= 0.3 is 0 Å². The third kappa shape index (κ3) is 3.20. The predicted octanol–water partition coefficient (Wildman–Crippen LogP) is 3.32. The SMILES string of the molecule is CC(NCC(=O)N1CCCc2ccccc21)c1ccccc1. The molecule has 3 heteroatoms. The Labute approximate surface area is 132 Å². The number of anilines is 1. The molecule has 1 atom stereocenters. The first kappa shape index (κ1) is 14.8. The topological polar surface area (TPSA) is 32.3 Å². The van der Waals surface area contributed by atoms with E-state index in [1.807, 2.05) is 41.3 Å². The van der Waals surface area contributed by atoms with Crippen LogP contribution in [0, 0.1) is 0 Å². The number of benzene rings is 2. The Morgan fingerprint density at radius 1 is 1.14 bits per heavy atom. The lowest BCUT2D eigenvalue weighted by Crippen LogP contribution is -2.41. The van der Waals surface area contributed by atoms with Gasteiger partial charge in [0.1, 0.15) is 0 Å². The fourth-order valence-corrected chi connectivity index (χ4v) is 2.99. The highest BCUT2D eigenvalue weighted by Gasteiger charge is 2.22. The fraction of sp³-hybridized carbons (Fsp3) is 0.316. The van der Waals surface area contributed by atoms with Crippen molar-refractivity contribution >= 4 is 11.6 Å². The third-order valence-electron chi connectivity index (χ3n) is 4.27. The number of carbonyl (C=O) groups is 1. The summed E-state index contributed by atoms with van der Waals surface area (Å²) in [7, 11) is 0. The largest absolute Gasteiger partial charge is 0.311 e. The van der Waals surface area contributed by atoms with Crippen LogP contribution in [0.4, 0.5) is 5.69 Å². The minimum absolute atomic E-state index is 0.148. The van der Waals surface area contributed by atoms with Gasteiger partial charge in [-0.25, -0.2) is 0 Å². The molecule has 1 heterocycles. The molecule has 0 aromatic heterocycles. The van der Waals surface area contributed by atoms with Crippen LogP contribution in [0.5, 0.6) is 0 Å². The number of carbonyl (C=O) groups excluding carboxylic acids is 1. The normalized spacial score (nSPS) is 15.2. The molecule has 0 fully saturated rings. The average Bonchev–Trinajstić information content (AvgIpc) is 2.59. The van der Waals surface area contributed by atoms with Crippen LogP contribution in [0.2, 0.25) is 0 Å². The number of hydrogen-bond acceptors (Lipinski definition) is 2. The molecule has 0 saturated heterocycles. The van der Waals surface area contributed by atoms with E-state index >= 15 is 0 Å². The van der Waals surface area contributed by atoms with Gasteiger partial charge in [0.25, 0.3) is 0 Å². The van der Waals surface area contributed by atoms with E-state index in [1.165, 1.54) is 11.1 Å². The quantitative estimate of drug-likeness (QED) is 0.938. The zero-order valence-electron chi connectivity index (χ0n) is 13.0. The maximum atomic E-state index is 12.6. The van der Waals surface area contributed by atoms with Gasteiger partial charge in [-0.2, -0.15) is 0 Å². The minimum atomic E-state index is 0.148. The van der Waals surface area contributed by atoms with E-state index in [9.17, 15) is 4.79 Å². The van der Waals surface area contributed by atoms with Crippen molar-refractivity contribution in [3.8, 4) is 0 Å². The van der Waals surface area contributed by atoms with Gasteiger partial charge in [-0.3, -0.25) is 4.79 Å². The predicted molar refractivity (Wildman–Crippen MR) is 90.0 cm³/mol. The van der Waals surface area contributed by atoms with Crippen LogP contribution in [0.1, 0.15) is 30.5 Å². The summed E-state index contributed by atoms with van der Waals surface area (Å²) < 4.78 is 0. The van der Waals surface area contributed by atoms with Crippen LogP contribution in [-0.4, -0.2) is 19.0 Å². The number of rotatable bonds is 4. The van der Waals surface area contributed by atoms with Gasteiger partial charge in [0.15, 0.2) is 0 Å². The summed E-state index contributed by atoms with van der Waals surface area (Å²) in [6.45, 7) is 3.27. The molecule has 1 N–H and O–H groups in total. The lowest BCUT2D eigenvalue weighted by molar-refractivity contribution is -0.118. The van der Waals surface area contributed by atoms with Crippen molar-refractivity contribution in [3.05, 3.63) is 65.7 Å².